The molecular weight excluding hydrogens is 783 g/mol. The van der Waals surface area contributed by atoms with Crippen LogP contribution in [0.4, 0.5) is 13.2 Å². The predicted molar refractivity (Wildman–Crippen MR) is 210 cm³/mol. The highest BCUT2D eigenvalue weighted by Gasteiger charge is 2.30. The number of benzene rings is 2. The number of carboxylic acids is 1. The molecule has 12 nitrogen and oxygen atoms in total. The highest BCUT2D eigenvalue weighted by molar-refractivity contribution is 7.13. The smallest absolute Gasteiger partial charge is 0.408 e. The van der Waals surface area contributed by atoms with E-state index in [1.54, 1.807) is 42.7 Å². The van der Waals surface area contributed by atoms with Gasteiger partial charge in [0.25, 0.3) is 0 Å². The zero-order valence-electron chi connectivity index (χ0n) is 31.1. The molecule has 2 aromatic carbocycles. The molecule has 7 rings (SSSR count). The van der Waals surface area contributed by atoms with Gasteiger partial charge in [-0.05, 0) is 72.5 Å². The van der Waals surface area contributed by atoms with E-state index >= 15 is 0 Å². The van der Waals surface area contributed by atoms with Crippen molar-refractivity contribution in [3.8, 4) is 39.9 Å². The van der Waals surface area contributed by atoms with Crippen molar-refractivity contribution in [2.75, 3.05) is 46.4 Å². The second-order valence-electron chi connectivity index (χ2n) is 13.6. The maximum absolute atomic E-state index is 13.1. The lowest BCUT2D eigenvalue weighted by Gasteiger charge is -2.32. The van der Waals surface area contributed by atoms with Crippen LogP contribution in [0.15, 0.2) is 79.3 Å². The fourth-order valence-electron chi connectivity index (χ4n) is 6.62. The minimum absolute atomic E-state index is 0.0782. The van der Waals surface area contributed by atoms with Crippen LogP contribution in [0.2, 0.25) is 5.02 Å². The summed E-state index contributed by atoms with van der Waals surface area (Å²) in [5.74, 6) is -0.349. The molecule has 6 aromatic rings. The first-order chi connectivity index (χ1) is 27.4. The van der Waals surface area contributed by atoms with Gasteiger partial charge >= 0.3 is 12.1 Å². The molecule has 0 radical (unpaired) electrons. The minimum Gasteiger partial charge on any atom is -0.491 e. The summed E-state index contributed by atoms with van der Waals surface area (Å²) in [5.41, 5.74) is 3.81. The van der Waals surface area contributed by atoms with Crippen LogP contribution >= 0.6 is 23.1 Å². The Hall–Kier alpha value is -5.29. The molecule has 57 heavy (non-hydrogen) atoms. The summed E-state index contributed by atoms with van der Waals surface area (Å²) >= 11 is 8.12. The van der Waals surface area contributed by atoms with Crippen LogP contribution in [0.1, 0.15) is 16.8 Å². The number of carboxylic acid groups (broad SMARTS) is 1. The van der Waals surface area contributed by atoms with E-state index in [1.807, 2.05) is 31.2 Å². The van der Waals surface area contributed by atoms with E-state index in [-0.39, 0.29) is 30.4 Å². The van der Waals surface area contributed by atoms with E-state index in [4.69, 9.17) is 30.8 Å². The summed E-state index contributed by atoms with van der Waals surface area (Å²) in [6, 6.07) is 17.3. The Labute approximate surface area is 335 Å². The standard InChI is InChI=1S/C40H39ClF3N7O5S/c1-25-28(10-11-31(36(25)41)54-20-19-50-17-15-49(2)16-18-50)34-35-33(22-46-37(34)29-8-5-6-13-45-29)57-48-38(35)56-32(39(52)53)21-26-7-3-4-9-30(26)55-23-27-12-14-47-51(27)24-40(42,43)44/h3-14,22,32H,15-21,23-24H2,1-2H3,(H,52,53)/t32-/m1/s1. The predicted octanol–water partition coefficient (Wildman–Crippen LogP) is 7.42. The Balaban J connectivity index is 1.18. The zero-order valence-corrected chi connectivity index (χ0v) is 32.7. The highest BCUT2D eigenvalue weighted by atomic mass is 35.5. The average molecular weight is 822 g/mol. The quantitative estimate of drug-likeness (QED) is 0.111. The summed E-state index contributed by atoms with van der Waals surface area (Å²) in [6.07, 6.45) is -1.47. The summed E-state index contributed by atoms with van der Waals surface area (Å²) < 4.78 is 63.7. The van der Waals surface area contributed by atoms with Crippen molar-refractivity contribution in [2.45, 2.75) is 38.8 Å². The van der Waals surface area contributed by atoms with Crippen LogP contribution in [0, 0.1) is 6.92 Å². The average Bonchev–Trinajstić information content (AvgIpc) is 3.82. The maximum atomic E-state index is 13.1. The molecule has 1 aliphatic rings. The number of fused-ring (bicyclic) bond motifs is 1. The lowest BCUT2D eigenvalue weighted by molar-refractivity contribution is -0.145. The number of piperazine rings is 1. The molecular formula is C40H39ClF3N7O5S. The summed E-state index contributed by atoms with van der Waals surface area (Å²) in [5, 5.41) is 15.2. The van der Waals surface area contributed by atoms with Crippen LogP contribution in [0.5, 0.6) is 17.4 Å². The number of carbonyl (C=O) groups is 1. The minimum atomic E-state index is -4.47. The van der Waals surface area contributed by atoms with Crippen molar-refractivity contribution in [2.24, 2.45) is 0 Å². The maximum Gasteiger partial charge on any atom is 0.408 e. The lowest BCUT2D eigenvalue weighted by atomic mass is 9.94. The number of likely N-dealkylation sites (N-methyl/N-ethyl adjacent to an activating group) is 1. The van der Waals surface area contributed by atoms with Crippen LogP contribution in [-0.4, -0.2) is 104 Å². The molecule has 0 spiro atoms. The number of hydrogen-bond donors (Lipinski definition) is 1. The first-order valence-electron chi connectivity index (χ1n) is 18.2. The van der Waals surface area contributed by atoms with E-state index in [1.165, 1.54) is 12.3 Å². The van der Waals surface area contributed by atoms with Gasteiger partial charge in [0.1, 0.15) is 31.3 Å². The number of aliphatic carboxylic acids is 1. The van der Waals surface area contributed by atoms with E-state index in [9.17, 15) is 23.1 Å². The second kappa shape index (κ2) is 17.5. The van der Waals surface area contributed by atoms with E-state index < -0.39 is 24.8 Å². The fourth-order valence-corrected chi connectivity index (χ4v) is 7.54. The Bertz CT molecular complexity index is 2330. The van der Waals surface area contributed by atoms with Crippen molar-refractivity contribution in [3.05, 3.63) is 101 Å². The number of nitrogens with zero attached hydrogens (tertiary/aromatic N) is 7. The van der Waals surface area contributed by atoms with E-state index in [0.29, 0.717) is 55.5 Å². The summed E-state index contributed by atoms with van der Waals surface area (Å²) in [6.45, 7) is 5.61. The third kappa shape index (κ3) is 9.47. The molecule has 1 saturated heterocycles. The summed E-state index contributed by atoms with van der Waals surface area (Å²) in [4.78, 5) is 26.8. The van der Waals surface area contributed by atoms with Gasteiger partial charge < -0.3 is 24.2 Å². The molecule has 5 heterocycles. The second-order valence-corrected chi connectivity index (χ2v) is 14.8. The van der Waals surface area contributed by atoms with Crippen molar-refractivity contribution in [1.82, 2.24) is 33.9 Å². The number of hydrogen-bond acceptors (Lipinski definition) is 11. The SMILES string of the molecule is Cc1c(-c2c(-c3ccccn3)ncc3snc(O[C@H](Cc4ccccc4OCc4ccnn4CC(F)(F)F)C(=O)O)c23)ccc(OCCN2CCN(C)CC2)c1Cl. The molecule has 1 atom stereocenters. The van der Waals surface area contributed by atoms with Gasteiger partial charge in [0.05, 0.1) is 32.2 Å². The Kier molecular flexibility index (Phi) is 12.2. The molecule has 0 bridgehead atoms. The first-order valence-corrected chi connectivity index (χ1v) is 19.3. The van der Waals surface area contributed by atoms with Crippen molar-refractivity contribution >= 4 is 39.2 Å². The zero-order chi connectivity index (χ0) is 40.1. The van der Waals surface area contributed by atoms with Gasteiger partial charge in [0, 0.05) is 63.3 Å². The molecule has 17 heteroatoms. The van der Waals surface area contributed by atoms with Crippen LogP contribution in [0.25, 0.3) is 32.6 Å². The Morgan fingerprint density at radius 1 is 0.982 bits per heavy atom. The molecule has 0 saturated carbocycles. The molecule has 1 N–H and O–H groups in total. The Morgan fingerprint density at radius 2 is 1.77 bits per heavy atom. The number of rotatable bonds is 15. The van der Waals surface area contributed by atoms with Crippen LogP contribution in [0.3, 0.4) is 0 Å². The van der Waals surface area contributed by atoms with Crippen molar-refractivity contribution in [1.29, 1.82) is 0 Å². The molecule has 298 valence electrons. The largest absolute Gasteiger partial charge is 0.491 e. The molecule has 0 unspecified atom stereocenters. The van der Waals surface area contributed by atoms with Gasteiger partial charge in [0.15, 0.2) is 0 Å². The number of halogens is 4. The molecule has 4 aromatic heterocycles. The normalized spacial score (nSPS) is 14.5. The topological polar surface area (TPSA) is 128 Å². The van der Waals surface area contributed by atoms with Gasteiger partial charge in [-0.2, -0.15) is 22.6 Å². The van der Waals surface area contributed by atoms with E-state index in [0.717, 1.165) is 54.5 Å². The lowest BCUT2D eigenvalue weighted by Crippen LogP contribution is -2.45. The summed E-state index contributed by atoms with van der Waals surface area (Å²) in [7, 11) is 2.12. The molecule has 1 aliphatic heterocycles. The van der Waals surface area contributed by atoms with Crippen molar-refractivity contribution in [3.63, 3.8) is 0 Å². The number of aromatic nitrogens is 5. The highest BCUT2D eigenvalue weighted by Crippen LogP contribution is 2.45. The number of para-hydroxylation sites is 1. The molecule has 0 aliphatic carbocycles. The Morgan fingerprint density at radius 3 is 2.53 bits per heavy atom. The van der Waals surface area contributed by atoms with Gasteiger partial charge in [0.2, 0.25) is 12.0 Å². The van der Waals surface area contributed by atoms with Crippen LogP contribution < -0.4 is 14.2 Å². The van der Waals surface area contributed by atoms with Gasteiger partial charge in [-0.3, -0.25) is 19.5 Å². The third-order valence-electron chi connectivity index (χ3n) is 9.69. The van der Waals surface area contributed by atoms with E-state index in [2.05, 4.69) is 31.3 Å². The van der Waals surface area contributed by atoms with Gasteiger partial charge in [-0.1, -0.05) is 41.9 Å². The third-order valence-corrected chi connectivity index (χ3v) is 10.9. The number of alkyl halides is 3. The number of ether oxygens (including phenoxy) is 3. The van der Waals surface area contributed by atoms with Gasteiger partial charge in [-0.25, -0.2) is 4.79 Å². The molecule has 0 amide bonds. The number of pyridine rings is 2. The molecule has 1 fully saturated rings. The van der Waals surface area contributed by atoms with Crippen molar-refractivity contribution < 1.29 is 37.3 Å². The first kappa shape index (κ1) is 39.9. The fraction of sp³-hybridized carbons (Fsp3) is 0.325. The van der Waals surface area contributed by atoms with Crippen LogP contribution in [-0.2, 0) is 24.4 Å². The monoisotopic (exact) mass is 821 g/mol. The van der Waals surface area contributed by atoms with Gasteiger partial charge in [-0.15, -0.1) is 0 Å².